The minimum Gasteiger partial charge on any atom is -0.293 e. The molecular formula is C15H11F3OS. The highest BCUT2D eigenvalue weighted by Crippen LogP contribution is 2.32. The van der Waals surface area contributed by atoms with Gasteiger partial charge >= 0.3 is 6.18 Å². The van der Waals surface area contributed by atoms with E-state index in [4.69, 9.17) is 0 Å². The van der Waals surface area contributed by atoms with Crippen molar-refractivity contribution in [1.29, 1.82) is 0 Å². The lowest BCUT2D eigenvalue weighted by Gasteiger charge is -2.11. The summed E-state index contributed by atoms with van der Waals surface area (Å²) in [5, 5.41) is 0. The van der Waals surface area contributed by atoms with Gasteiger partial charge in [-0.15, -0.1) is 11.8 Å². The van der Waals surface area contributed by atoms with Crippen LogP contribution in [-0.2, 0) is 6.18 Å². The summed E-state index contributed by atoms with van der Waals surface area (Å²) in [7, 11) is 0. The summed E-state index contributed by atoms with van der Waals surface area (Å²) < 4.78 is 38.4. The van der Waals surface area contributed by atoms with Gasteiger partial charge < -0.3 is 0 Å². The lowest BCUT2D eigenvalue weighted by Crippen LogP contribution is -2.14. The Morgan fingerprint density at radius 3 is 2.20 bits per heavy atom. The van der Waals surface area contributed by atoms with E-state index in [9.17, 15) is 18.0 Å². The van der Waals surface area contributed by atoms with Gasteiger partial charge in [0.05, 0.1) is 11.3 Å². The van der Waals surface area contributed by atoms with Crippen molar-refractivity contribution in [2.45, 2.75) is 11.1 Å². The van der Waals surface area contributed by atoms with E-state index < -0.39 is 17.5 Å². The Kier molecular flexibility index (Phi) is 4.49. The van der Waals surface area contributed by atoms with Crippen molar-refractivity contribution >= 4 is 17.5 Å². The van der Waals surface area contributed by atoms with Crippen molar-refractivity contribution in [2.75, 3.05) is 5.75 Å². The second kappa shape index (κ2) is 6.13. The van der Waals surface area contributed by atoms with Crippen molar-refractivity contribution < 1.29 is 18.0 Å². The summed E-state index contributed by atoms with van der Waals surface area (Å²) in [6, 6.07) is 14.0. The predicted molar refractivity (Wildman–Crippen MR) is 72.9 cm³/mol. The molecule has 0 unspecified atom stereocenters. The molecule has 2 rings (SSSR count). The van der Waals surface area contributed by atoms with E-state index in [2.05, 4.69) is 0 Å². The van der Waals surface area contributed by atoms with Gasteiger partial charge in [0.2, 0.25) is 0 Å². The first-order valence-corrected chi connectivity index (χ1v) is 6.84. The third-order valence-electron chi connectivity index (χ3n) is 2.65. The average molecular weight is 296 g/mol. The normalized spacial score (nSPS) is 11.3. The average Bonchev–Trinajstić information content (AvgIpc) is 2.45. The molecule has 0 aromatic heterocycles. The Morgan fingerprint density at radius 2 is 1.55 bits per heavy atom. The van der Waals surface area contributed by atoms with Crippen LogP contribution in [0.25, 0.3) is 0 Å². The third kappa shape index (κ3) is 3.63. The summed E-state index contributed by atoms with van der Waals surface area (Å²) in [6.45, 7) is 0. The number of halogens is 3. The van der Waals surface area contributed by atoms with Crippen LogP contribution in [0, 0.1) is 0 Å². The van der Waals surface area contributed by atoms with Crippen LogP contribution in [0.2, 0.25) is 0 Å². The van der Waals surface area contributed by atoms with Gasteiger partial charge in [-0.3, -0.25) is 4.79 Å². The van der Waals surface area contributed by atoms with Crippen molar-refractivity contribution in [3.05, 3.63) is 65.7 Å². The number of carbonyl (C=O) groups is 1. The molecule has 5 heteroatoms. The summed E-state index contributed by atoms with van der Waals surface area (Å²) >= 11 is 1.23. The number of ketones is 1. The van der Waals surface area contributed by atoms with Crippen LogP contribution in [0.3, 0.4) is 0 Å². The smallest absolute Gasteiger partial charge is 0.293 e. The molecule has 0 spiro atoms. The minimum atomic E-state index is -4.51. The fourth-order valence-corrected chi connectivity index (χ4v) is 2.52. The molecule has 2 aromatic carbocycles. The number of hydrogen-bond acceptors (Lipinski definition) is 2. The van der Waals surface area contributed by atoms with Gasteiger partial charge in [-0.1, -0.05) is 36.4 Å². The number of thioether (sulfide) groups is 1. The predicted octanol–water partition coefficient (Wildman–Crippen LogP) is 4.68. The van der Waals surface area contributed by atoms with E-state index in [0.717, 1.165) is 11.0 Å². The standard InChI is InChI=1S/C15H11F3OS/c16-15(17,18)13-9-5-4-8-12(13)14(19)10-20-11-6-2-1-3-7-11/h1-9H,10H2. The van der Waals surface area contributed by atoms with E-state index in [1.807, 2.05) is 30.3 Å². The SMILES string of the molecule is O=C(CSc1ccccc1)c1ccccc1C(F)(F)F. The molecule has 1 nitrogen and oxygen atoms in total. The molecule has 20 heavy (non-hydrogen) atoms. The molecule has 0 amide bonds. The molecule has 0 saturated carbocycles. The van der Waals surface area contributed by atoms with Gasteiger partial charge in [0, 0.05) is 10.5 Å². The summed E-state index contributed by atoms with van der Waals surface area (Å²) in [4.78, 5) is 12.8. The van der Waals surface area contributed by atoms with Gasteiger partial charge in [-0.2, -0.15) is 13.2 Å². The number of Topliss-reactive ketones (excluding diaryl/α,β-unsaturated/α-hetero) is 1. The maximum Gasteiger partial charge on any atom is 0.417 e. The highest BCUT2D eigenvalue weighted by Gasteiger charge is 2.34. The van der Waals surface area contributed by atoms with Gasteiger partial charge in [0.1, 0.15) is 0 Å². The van der Waals surface area contributed by atoms with Crippen LogP contribution in [0.5, 0.6) is 0 Å². The zero-order valence-electron chi connectivity index (χ0n) is 10.4. The summed E-state index contributed by atoms with van der Waals surface area (Å²) in [5.74, 6) is -0.538. The molecule has 0 aliphatic rings. The van der Waals surface area contributed by atoms with Crippen molar-refractivity contribution in [2.24, 2.45) is 0 Å². The molecule has 0 bridgehead atoms. The quantitative estimate of drug-likeness (QED) is 0.602. The Bertz CT molecular complexity index is 594. The monoisotopic (exact) mass is 296 g/mol. The molecule has 0 aliphatic heterocycles. The van der Waals surface area contributed by atoms with E-state index in [1.165, 1.54) is 30.0 Å². The van der Waals surface area contributed by atoms with Crippen LogP contribution in [0.15, 0.2) is 59.5 Å². The van der Waals surface area contributed by atoms with Crippen molar-refractivity contribution in [3.63, 3.8) is 0 Å². The van der Waals surface area contributed by atoms with E-state index in [1.54, 1.807) is 0 Å². The number of carbonyl (C=O) groups excluding carboxylic acids is 1. The number of hydrogen-bond donors (Lipinski definition) is 0. The lowest BCUT2D eigenvalue weighted by atomic mass is 10.0. The molecule has 0 radical (unpaired) electrons. The second-order valence-electron chi connectivity index (χ2n) is 4.07. The van der Waals surface area contributed by atoms with Crippen LogP contribution in [-0.4, -0.2) is 11.5 Å². The Labute approximate surface area is 118 Å². The topological polar surface area (TPSA) is 17.1 Å². The van der Waals surface area contributed by atoms with Crippen LogP contribution >= 0.6 is 11.8 Å². The Balaban J connectivity index is 2.14. The van der Waals surface area contributed by atoms with Crippen LogP contribution in [0.4, 0.5) is 13.2 Å². The van der Waals surface area contributed by atoms with Gasteiger partial charge in [0.25, 0.3) is 0 Å². The number of benzene rings is 2. The summed E-state index contributed by atoms with van der Waals surface area (Å²) in [5.41, 5.74) is -1.15. The van der Waals surface area contributed by atoms with Crippen LogP contribution in [0.1, 0.15) is 15.9 Å². The maximum absolute atomic E-state index is 12.8. The number of alkyl halides is 3. The number of rotatable bonds is 4. The molecule has 0 heterocycles. The van der Waals surface area contributed by atoms with Crippen molar-refractivity contribution in [3.8, 4) is 0 Å². The fourth-order valence-electron chi connectivity index (χ4n) is 1.72. The van der Waals surface area contributed by atoms with Crippen molar-refractivity contribution in [1.82, 2.24) is 0 Å². The first-order valence-electron chi connectivity index (χ1n) is 5.86. The first kappa shape index (κ1) is 14.7. The first-order chi connectivity index (χ1) is 9.48. The summed E-state index contributed by atoms with van der Waals surface area (Å²) in [6.07, 6.45) is -4.51. The fraction of sp³-hybridized carbons (Fsp3) is 0.133. The zero-order chi connectivity index (χ0) is 14.6. The highest BCUT2D eigenvalue weighted by atomic mass is 32.2. The van der Waals surface area contributed by atoms with Crippen LogP contribution < -0.4 is 0 Å². The van der Waals surface area contributed by atoms with E-state index in [-0.39, 0.29) is 11.3 Å². The zero-order valence-corrected chi connectivity index (χ0v) is 11.2. The Morgan fingerprint density at radius 1 is 0.950 bits per heavy atom. The highest BCUT2D eigenvalue weighted by molar-refractivity contribution is 8.00. The molecule has 0 saturated heterocycles. The Hall–Kier alpha value is -1.75. The minimum absolute atomic E-state index is 0.0168. The molecular weight excluding hydrogens is 285 g/mol. The largest absolute Gasteiger partial charge is 0.417 e. The van der Waals surface area contributed by atoms with E-state index >= 15 is 0 Å². The molecule has 104 valence electrons. The van der Waals surface area contributed by atoms with Gasteiger partial charge in [0.15, 0.2) is 5.78 Å². The van der Waals surface area contributed by atoms with E-state index in [0.29, 0.717) is 0 Å². The molecule has 0 atom stereocenters. The van der Waals surface area contributed by atoms with Gasteiger partial charge in [-0.05, 0) is 18.2 Å². The molecule has 0 N–H and O–H groups in total. The third-order valence-corrected chi connectivity index (χ3v) is 3.66. The molecule has 0 aliphatic carbocycles. The lowest BCUT2D eigenvalue weighted by molar-refractivity contribution is -0.137. The second-order valence-corrected chi connectivity index (χ2v) is 5.12. The molecule has 2 aromatic rings. The maximum atomic E-state index is 12.8. The van der Waals surface area contributed by atoms with Gasteiger partial charge in [-0.25, -0.2) is 0 Å². The molecule has 0 fully saturated rings.